The molecule has 0 saturated heterocycles. The van der Waals surface area contributed by atoms with Gasteiger partial charge < -0.3 is 34.8 Å². The van der Waals surface area contributed by atoms with Gasteiger partial charge in [0, 0.05) is 24.8 Å². The summed E-state index contributed by atoms with van der Waals surface area (Å²) < 4.78 is 0. The molecule has 0 aliphatic heterocycles. The molecular weight excluding hydrogens is 379 g/mol. The van der Waals surface area contributed by atoms with Crippen LogP contribution in [0.5, 0.6) is 0 Å². The van der Waals surface area contributed by atoms with E-state index in [1.807, 2.05) is 0 Å². The molecule has 81 valence electrons. The SMILES string of the molecule is O=C([O-])CC(O)(CC(=O)[O-])C(=O)[O-].[Pt+3]. The van der Waals surface area contributed by atoms with E-state index in [2.05, 4.69) is 0 Å². The summed E-state index contributed by atoms with van der Waals surface area (Å²) in [5.74, 6) is -5.98. The molecule has 0 aromatic heterocycles. The molecule has 14 heavy (non-hydrogen) atoms. The van der Waals surface area contributed by atoms with Crippen molar-refractivity contribution < 1.29 is 55.9 Å². The van der Waals surface area contributed by atoms with Crippen molar-refractivity contribution in [3.8, 4) is 0 Å². The Hall–Kier alpha value is -0.942. The van der Waals surface area contributed by atoms with Gasteiger partial charge in [-0.05, 0) is 0 Å². The summed E-state index contributed by atoms with van der Waals surface area (Å²) in [5.41, 5.74) is -2.97. The number of hydrogen-bond donors (Lipinski definition) is 1. The Morgan fingerprint density at radius 3 is 1.43 bits per heavy atom. The van der Waals surface area contributed by atoms with E-state index < -0.39 is 36.4 Å². The summed E-state index contributed by atoms with van der Waals surface area (Å²) in [6, 6.07) is 0. The molecule has 0 rings (SSSR count). The molecule has 0 spiro atoms. The first-order valence-corrected chi connectivity index (χ1v) is 3.11. The van der Waals surface area contributed by atoms with Gasteiger partial charge in [-0.2, -0.15) is 0 Å². The number of carbonyl (C=O) groups is 3. The molecule has 0 saturated carbocycles. The maximum Gasteiger partial charge on any atom is 3.00 e. The van der Waals surface area contributed by atoms with Crippen LogP contribution in [-0.4, -0.2) is 28.6 Å². The van der Waals surface area contributed by atoms with Crippen molar-refractivity contribution in [2.45, 2.75) is 18.4 Å². The van der Waals surface area contributed by atoms with Crippen LogP contribution in [0.15, 0.2) is 0 Å². The van der Waals surface area contributed by atoms with Gasteiger partial charge >= 0.3 is 21.1 Å². The second-order valence-corrected chi connectivity index (χ2v) is 2.42. The second-order valence-electron chi connectivity index (χ2n) is 2.42. The largest absolute Gasteiger partial charge is 3.00 e. The summed E-state index contributed by atoms with van der Waals surface area (Å²) in [5, 5.41) is 38.9. The Labute approximate surface area is 92.6 Å². The van der Waals surface area contributed by atoms with Gasteiger partial charge in [-0.25, -0.2) is 0 Å². The number of aliphatic carboxylic acids is 3. The normalized spacial score (nSPS) is 10.1. The predicted octanol–water partition coefficient (Wildman–Crippen LogP) is -5.26. The number of aliphatic hydroxyl groups is 1. The topological polar surface area (TPSA) is 141 Å². The van der Waals surface area contributed by atoms with Crippen molar-refractivity contribution >= 4 is 17.9 Å². The fourth-order valence-corrected chi connectivity index (χ4v) is 0.684. The minimum absolute atomic E-state index is 0. The molecule has 0 aromatic carbocycles. The maximum atomic E-state index is 10.1. The van der Waals surface area contributed by atoms with Crippen LogP contribution in [0.25, 0.3) is 0 Å². The van der Waals surface area contributed by atoms with Crippen LogP contribution in [0, 0.1) is 0 Å². The van der Waals surface area contributed by atoms with E-state index in [0.29, 0.717) is 0 Å². The average Bonchev–Trinajstić information content (AvgIpc) is 1.82. The van der Waals surface area contributed by atoms with Crippen molar-refractivity contribution in [2.75, 3.05) is 0 Å². The Morgan fingerprint density at radius 1 is 1.00 bits per heavy atom. The van der Waals surface area contributed by atoms with E-state index in [1.54, 1.807) is 0 Å². The molecule has 1 radical (unpaired) electrons. The Kier molecular flexibility index (Phi) is 6.34. The van der Waals surface area contributed by atoms with E-state index in [-0.39, 0.29) is 21.1 Å². The molecular formula is C6H5O7Pt. The summed E-state index contributed by atoms with van der Waals surface area (Å²) in [7, 11) is 0. The van der Waals surface area contributed by atoms with Gasteiger partial charge in [0.2, 0.25) is 0 Å². The number of carboxylic acids is 3. The molecule has 0 fully saturated rings. The minimum atomic E-state index is -2.97. The standard InChI is InChI=1S/C6H8O7.Pt/c7-3(8)1-6(13,5(11)12)2-4(9)10;/h13H,1-2H2,(H,7,8)(H,9,10)(H,11,12);/q;+3/p-3. The molecule has 0 amide bonds. The van der Waals surface area contributed by atoms with Crippen LogP contribution in [0.2, 0.25) is 0 Å². The van der Waals surface area contributed by atoms with E-state index in [4.69, 9.17) is 5.11 Å². The molecule has 1 N–H and O–H groups in total. The van der Waals surface area contributed by atoms with Gasteiger partial charge in [0.05, 0.1) is 5.97 Å². The zero-order valence-electron chi connectivity index (χ0n) is 6.63. The van der Waals surface area contributed by atoms with Gasteiger partial charge in [-0.1, -0.05) is 0 Å². The van der Waals surface area contributed by atoms with Gasteiger partial charge in [-0.15, -0.1) is 0 Å². The fraction of sp³-hybridized carbons (Fsp3) is 0.500. The van der Waals surface area contributed by atoms with Crippen molar-refractivity contribution in [3.63, 3.8) is 0 Å². The van der Waals surface area contributed by atoms with Crippen LogP contribution < -0.4 is 15.3 Å². The maximum absolute atomic E-state index is 10.1. The Bertz CT molecular complexity index is 233. The van der Waals surface area contributed by atoms with E-state index in [0.717, 1.165) is 0 Å². The van der Waals surface area contributed by atoms with Crippen molar-refractivity contribution in [2.24, 2.45) is 0 Å². The molecule has 0 bridgehead atoms. The van der Waals surface area contributed by atoms with E-state index in [1.165, 1.54) is 0 Å². The first-order chi connectivity index (χ1) is 5.78. The van der Waals surface area contributed by atoms with Gasteiger partial charge in [0.15, 0.2) is 0 Å². The van der Waals surface area contributed by atoms with Crippen LogP contribution in [0.4, 0.5) is 0 Å². The summed E-state index contributed by atoms with van der Waals surface area (Å²) >= 11 is 0. The van der Waals surface area contributed by atoms with Crippen molar-refractivity contribution in [3.05, 3.63) is 0 Å². The molecule has 8 heteroatoms. The summed E-state index contributed by atoms with van der Waals surface area (Å²) in [4.78, 5) is 30.0. The first-order valence-electron chi connectivity index (χ1n) is 3.11. The van der Waals surface area contributed by atoms with Crippen LogP contribution >= 0.6 is 0 Å². The minimum Gasteiger partial charge on any atom is -0.550 e. The first kappa shape index (κ1) is 15.5. The molecule has 7 nitrogen and oxygen atoms in total. The van der Waals surface area contributed by atoms with Crippen LogP contribution in [0.3, 0.4) is 0 Å². The number of carboxylic acid groups (broad SMARTS) is 3. The van der Waals surface area contributed by atoms with Gasteiger partial charge in [-0.3, -0.25) is 0 Å². The van der Waals surface area contributed by atoms with Crippen LogP contribution in [0.1, 0.15) is 12.8 Å². The smallest absolute Gasteiger partial charge is 0.550 e. The number of carbonyl (C=O) groups excluding carboxylic acids is 3. The van der Waals surface area contributed by atoms with Crippen LogP contribution in [-0.2, 0) is 35.4 Å². The zero-order chi connectivity index (χ0) is 10.6. The molecule has 0 atom stereocenters. The molecule has 0 aliphatic carbocycles. The van der Waals surface area contributed by atoms with Crippen molar-refractivity contribution in [1.82, 2.24) is 0 Å². The summed E-state index contributed by atoms with van der Waals surface area (Å²) in [6.45, 7) is 0. The van der Waals surface area contributed by atoms with Gasteiger partial charge in [0.1, 0.15) is 5.60 Å². The molecule has 0 heterocycles. The fourth-order valence-electron chi connectivity index (χ4n) is 0.684. The number of hydrogen-bond acceptors (Lipinski definition) is 7. The molecule has 0 aliphatic rings. The Morgan fingerprint density at radius 2 is 1.29 bits per heavy atom. The van der Waals surface area contributed by atoms with Crippen molar-refractivity contribution in [1.29, 1.82) is 0 Å². The zero-order valence-corrected chi connectivity index (χ0v) is 8.90. The van der Waals surface area contributed by atoms with E-state index in [9.17, 15) is 29.7 Å². The third kappa shape index (κ3) is 4.93. The predicted molar refractivity (Wildman–Crippen MR) is 29.2 cm³/mol. The van der Waals surface area contributed by atoms with E-state index >= 15 is 0 Å². The molecule has 0 unspecified atom stereocenters. The average molecular weight is 384 g/mol. The third-order valence-electron chi connectivity index (χ3n) is 1.25. The number of rotatable bonds is 5. The summed E-state index contributed by atoms with van der Waals surface area (Å²) in [6.07, 6.45) is -2.72. The Balaban J connectivity index is 0. The quantitative estimate of drug-likeness (QED) is 0.499. The second kappa shape index (κ2) is 5.72. The van der Waals surface area contributed by atoms with Gasteiger partial charge in [0.25, 0.3) is 0 Å². The monoisotopic (exact) mass is 384 g/mol. The molecule has 0 aromatic rings. The third-order valence-corrected chi connectivity index (χ3v) is 1.25.